The number of rotatable bonds is 5. The second kappa shape index (κ2) is 10.4. The Hall–Kier alpha value is -2.58. The van der Waals surface area contributed by atoms with Crippen molar-refractivity contribution in [3.8, 4) is 5.75 Å². The van der Waals surface area contributed by atoms with Crippen LogP contribution in [0.3, 0.4) is 0 Å². The van der Waals surface area contributed by atoms with Gasteiger partial charge in [-0.25, -0.2) is 4.39 Å². The van der Waals surface area contributed by atoms with Gasteiger partial charge in [0.1, 0.15) is 6.10 Å². The number of benzene rings is 1. The molecule has 2 heterocycles. The number of nitrogens with zero attached hydrogens (tertiary/aromatic N) is 1. The Morgan fingerprint density at radius 3 is 2.70 bits per heavy atom. The minimum absolute atomic E-state index is 0.0321. The van der Waals surface area contributed by atoms with Gasteiger partial charge in [0, 0.05) is 23.5 Å². The quantitative estimate of drug-likeness (QED) is 0.760. The van der Waals surface area contributed by atoms with E-state index in [-0.39, 0.29) is 29.8 Å². The number of aromatic nitrogens is 1. The lowest BCUT2D eigenvalue weighted by molar-refractivity contribution is -0.129. The Kier molecular flexibility index (Phi) is 8.25. The number of hydrogen-bond acceptors (Lipinski definition) is 5. The molecule has 0 bridgehead atoms. The molecule has 6 nitrogen and oxygen atoms in total. The van der Waals surface area contributed by atoms with Crippen LogP contribution in [0.15, 0.2) is 36.5 Å². The standard InChI is InChI=1S/C15H22N2O3.C7H6F2O/c1-10(9-18)12-8-11(5-7-16-12)17-14(19)13-4-6-15(2,3)20-13;1-10-6-4-2-3-5(8)7(6)9/h5,7-8,10,13,18H,4,6,9H2,1-3H3,(H,16,17,19);2-4H,1H3. The lowest BCUT2D eigenvalue weighted by Gasteiger charge is -2.19. The van der Waals surface area contributed by atoms with Crippen LogP contribution in [0.2, 0.25) is 0 Å². The molecule has 1 aliphatic rings. The van der Waals surface area contributed by atoms with E-state index in [1.165, 1.54) is 19.2 Å². The lowest BCUT2D eigenvalue weighted by atomic mass is 10.1. The molecule has 2 aromatic rings. The van der Waals surface area contributed by atoms with Crippen LogP contribution in [-0.4, -0.2) is 41.4 Å². The van der Waals surface area contributed by atoms with Crippen LogP contribution < -0.4 is 10.1 Å². The third-order valence-electron chi connectivity index (χ3n) is 4.73. The molecule has 0 radical (unpaired) electrons. The molecule has 8 heteroatoms. The predicted molar refractivity (Wildman–Crippen MR) is 109 cm³/mol. The third kappa shape index (κ3) is 6.47. The van der Waals surface area contributed by atoms with Gasteiger partial charge in [0.05, 0.1) is 19.3 Å². The molecular formula is C22H28F2N2O4. The number of carbonyl (C=O) groups is 1. The summed E-state index contributed by atoms with van der Waals surface area (Å²) in [6, 6.07) is 7.32. The Morgan fingerprint density at radius 1 is 1.40 bits per heavy atom. The zero-order valence-electron chi connectivity index (χ0n) is 17.6. The molecule has 0 aliphatic carbocycles. The number of hydrogen-bond donors (Lipinski definition) is 2. The van der Waals surface area contributed by atoms with Crippen molar-refractivity contribution in [2.45, 2.75) is 51.2 Å². The Labute approximate surface area is 175 Å². The Morgan fingerprint density at radius 2 is 2.13 bits per heavy atom. The average Bonchev–Trinajstić information content (AvgIpc) is 3.10. The van der Waals surface area contributed by atoms with Crippen LogP contribution in [0.25, 0.3) is 0 Å². The molecule has 1 aromatic heterocycles. The fraction of sp³-hybridized carbons (Fsp3) is 0.455. The number of ether oxygens (including phenoxy) is 2. The monoisotopic (exact) mass is 422 g/mol. The highest BCUT2D eigenvalue weighted by Gasteiger charge is 2.35. The number of methoxy groups -OCH3 is 1. The molecule has 30 heavy (non-hydrogen) atoms. The van der Waals surface area contributed by atoms with Crippen LogP contribution in [0.1, 0.15) is 45.2 Å². The molecule has 1 aliphatic heterocycles. The van der Waals surface area contributed by atoms with E-state index in [4.69, 9.17) is 9.84 Å². The number of carbonyl (C=O) groups excluding carboxylic acids is 1. The van der Waals surface area contributed by atoms with Gasteiger partial charge >= 0.3 is 0 Å². The molecule has 0 saturated carbocycles. The molecule has 2 N–H and O–H groups in total. The van der Waals surface area contributed by atoms with Gasteiger partial charge in [-0.2, -0.15) is 4.39 Å². The summed E-state index contributed by atoms with van der Waals surface area (Å²) in [6.07, 6.45) is 2.87. The molecular weight excluding hydrogens is 394 g/mol. The highest BCUT2D eigenvalue weighted by Crippen LogP contribution is 2.30. The maximum Gasteiger partial charge on any atom is 0.253 e. The van der Waals surface area contributed by atoms with Gasteiger partial charge in [-0.3, -0.25) is 9.78 Å². The molecule has 1 saturated heterocycles. The highest BCUT2D eigenvalue weighted by atomic mass is 19.2. The largest absolute Gasteiger partial charge is 0.494 e. The van der Waals surface area contributed by atoms with Crippen molar-refractivity contribution < 1.29 is 28.2 Å². The second-order valence-electron chi connectivity index (χ2n) is 7.70. The molecule has 164 valence electrons. The summed E-state index contributed by atoms with van der Waals surface area (Å²) in [5.74, 6) is -2.07. The minimum Gasteiger partial charge on any atom is -0.494 e. The van der Waals surface area contributed by atoms with Gasteiger partial charge in [-0.15, -0.1) is 0 Å². The molecule has 1 aromatic carbocycles. The fourth-order valence-corrected chi connectivity index (χ4v) is 2.92. The summed E-state index contributed by atoms with van der Waals surface area (Å²) >= 11 is 0. The van der Waals surface area contributed by atoms with Crippen LogP contribution in [-0.2, 0) is 9.53 Å². The van der Waals surface area contributed by atoms with Crippen LogP contribution >= 0.6 is 0 Å². The van der Waals surface area contributed by atoms with Crippen molar-refractivity contribution in [1.29, 1.82) is 0 Å². The van der Waals surface area contributed by atoms with E-state index in [0.717, 1.165) is 24.6 Å². The highest BCUT2D eigenvalue weighted by molar-refractivity contribution is 5.94. The SMILES string of the molecule is CC(CO)c1cc(NC(=O)C2CCC(C)(C)O2)ccn1.COc1cccc(F)c1F. The second-order valence-corrected chi connectivity index (χ2v) is 7.70. The van der Waals surface area contributed by atoms with Gasteiger partial charge in [-0.1, -0.05) is 13.0 Å². The number of aliphatic hydroxyl groups excluding tert-OH is 1. The van der Waals surface area contributed by atoms with E-state index < -0.39 is 17.7 Å². The first-order valence-corrected chi connectivity index (χ1v) is 9.70. The third-order valence-corrected chi connectivity index (χ3v) is 4.73. The van der Waals surface area contributed by atoms with Gasteiger partial charge in [0.2, 0.25) is 5.82 Å². The van der Waals surface area contributed by atoms with E-state index in [0.29, 0.717) is 5.69 Å². The number of amides is 1. The predicted octanol–water partition coefficient (Wildman–Crippen LogP) is 4.05. The number of halogens is 2. The zero-order valence-corrected chi connectivity index (χ0v) is 17.6. The maximum atomic E-state index is 12.5. The molecule has 0 spiro atoms. The molecule has 2 atom stereocenters. The number of nitrogens with one attached hydrogen (secondary N) is 1. The van der Waals surface area contributed by atoms with E-state index in [9.17, 15) is 13.6 Å². The number of pyridine rings is 1. The summed E-state index contributed by atoms with van der Waals surface area (Å²) in [5, 5.41) is 12.0. The summed E-state index contributed by atoms with van der Waals surface area (Å²) < 4.78 is 35.0. The first-order valence-electron chi connectivity index (χ1n) is 9.70. The number of aliphatic hydroxyl groups is 1. The van der Waals surface area contributed by atoms with Gasteiger partial charge in [-0.05, 0) is 51.0 Å². The molecule has 2 unspecified atom stereocenters. The van der Waals surface area contributed by atoms with Gasteiger partial charge in [0.25, 0.3) is 5.91 Å². The van der Waals surface area contributed by atoms with Crippen LogP contribution in [0.5, 0.6) is 5.75 Å². The molecule has 1 amide bonds. The first-order chi connectivity index (χ1) is 14.2. The van der Waals surface area contributed by atoms with Crippen molar-refractivity contribution in [3.05, 3.63) is 53.9 Å². The smallest absolute Gasteiger partial charge is 0.253 e. The van der Waals surface area contributed by atoms with Crippen molar-refractivity contribution >= 4 is 11.6 Å². The van der Waals surface area contributed by atoms with Crippen molar-refractivity contribution in [1.82, 2.24) is 4.98 Å². The van der Waals surface area contributed by atoms with Crippen LogP contribution in [0, 0.1) is 11.6 Å². The van der Waals surface area contributed by atoms with Crippen molar-refractivity contribution in [2.24, 2.45) is 0 Å². The molecule has 3 rings (SSSR count). The van der Waals surface area contributed by atoms with E-state index in [1.54, 1.807) is 18.3 Å². The normalized spacial score (nSPS) is 18.2. The summed E-state index contributed by atoms with van der Waals surface area (Å²) in [7, 11) is 1.29. The topological polar surface area (TPSA) is 80.7 Å². The zero-order chi connectivity index (χ0) is 22.3. The van der Waals surface area contributed by atoms with Crippen molar-refractivity contribution in [2.75, 3.05) is 19.0 Å². The van der Waals surface area contributed by atoms with Crippen molar-refractivity contribution in [3.63, 3.8) is 0 Å². The lowest BCUT2D eigenvalue weighted by Crippen LogP contribution is -2.30. The van der Waals surface area contributed by atoms with Gasteiger partial charge < -0.3 is 19.9 Å². The van der Waals surface area contributed by atoms with E-state index >= 15 is 0 Å². The summed E-state index contributed by atoms with van der Waals surface area (Å²) in [6.45, 7) is 5.91. The maximum absolute atomic E-state index is 12.5. The first kappa shape index (κ1) is 23.7. The summed E-state index contributed by atoms with van der Waals surface area (Å²) in [5.41, 5.74) is 1.23. The van der Waals surface area contributed by atoms with E-state index in [2.05, 4.69) is 15.0 Å². The average molecular weight is 422 g/mol. The number of anilines is 1. The van der Waals surface area contributed by atoms with Gasteiger partial charge in [0.15, 0.2) is 11.6 Å². The Balaban J connectivity index is 0.000000269. The summed E-state index contributed by atoms with van der Waals surface area (Å²) in [4.78, 5) is 16.3. The Bertz CT molecular complexity index is 861. The van der Waals surface area contributed by atoms with Crippen LogP contribution in [0.4, 0.5) is 14.5 Å². The van der Waals surface area contributed by atoms with E-state index in [1.807, 2.05) is 20.8 Å². The minimum atomic E-state index is -0.940. The molecule has 1 fully saturated rings. The fourth-order valence-electron chi connectivity index (χ4n) is 2.92.